The van der Waals surface area contributed by atoms with Crippen LogP contribution in [-0.2, 0) is 6.54 Å². The molecule has 1 N–H and O–H groups in total. The van der Waals surface area contributed by atoms with Crippen LogP contribution in [0.2, 0.25) is 0 Å². The second kappa shape index (κ2) is 4.07. The zero-order valence-corrected chi connectivity index (χ0v) is 10.6. The lowest BCUT2D eigenvalue weighted by Gasteiger charge is -2.05. The molecule has 0 spiro atoms. The maximum Gasteiger partial charge on any atom is 0.261 e. The van der Waals surface area contributed by atoms with Crippen molar-refractivity contribution in [2.45, 2.75) is 13.0 Å². The number of aromatic nitrogens is 2. The minimum absolute atomic E-state index is 0.0766. The van der Waals surface area contributed by atoms with Crippen LogP contribution in [0, 0.1) is 0 Å². The Labute approximate surface area is 105 Å². The van der Waals surface area contributed by atoms with Gasteiger partial charge in [0.25, 0.3) is 5.56 Å². The third-order valence-electron chi connectivity index (χ3n) is 3.22. The molecule has 0 saturated heterocycles. The maximum absolute atomic E-state index is 12.3. The number of rotatable bonds is 1. The first kappa shape index (κ1) is 11.2. The molecule has 3 rings (SSSR count). The SMILES string of the molecule is C[NH+](C)/C=C1/CCn2c1nc1ccccc1c2=O. The number of para-hydroxylation sites is 1. The Kier molecular flexibility index (Phi) is 2.52. The topological polar surface area (TPSA) is 39.3 Å². The summed E-state index contributed by atoms with van der Waals surface area (Å²) in [4.78, 5) is 18.2. The molecule has 0 radical (unpaired) electrons. The van der Waals surface area contributed by atoms with Gasteiger partial charge in [-0.1, -0.05) is 12.1 Å². The zero-order chi connectivity index (χ0) is 12.7. The third kappa shape index (κ3) is 1.66. The normalized spacial score (nSPS) is 16.7. The van der Waals surface area contributed by atoms with Crippen LogP contribution < -0.4 is 10.5 Å². The van der Waals surface area contributed by atoms with Crippen LogP contribution in [-0.4, -0.2) is 23.6 Å². The first-order chi connectivity index (χ1) is 8.66. The van der Waals surface area contributed by atoms with Gasteiger partial charge in [-0.2, -0.15) is 0 Å². The zero-order valence-electron chi connectivity index (χ0n) is 10.6. The Bertz CT molecular complexity index is 698. The molecule has 2 aromatic rings. The second-order valence-corrected chi connectivity index (χ2v) is 4.91. The molecule has 0 atom stereocenters. The summed E-state index contributed by atoms with van der Waals surface area (Å²) >= 11 is 0. The Morgan fingerprint density at radius 2 is 2.11 bits per heavy atom. The quantitative estimate of drug-likeness (QED) is 0.780. The van der Waals surface area contributed by atoms with Gasteiger partial charge in [-0.3, -0.25) is 9.36 Å². The van der Waals surface area contributed by atoms with Crippen LogP contribution in [0.4, 0.5) is 0 Å². The largest absolute Gasteiger partial charge is 0.313 e. The van der Waals surface area contributed by atoms with E-state index in [0.29, 0.717) is 5.39 Å². The molecule has 0 bridgehead atoms. The van der Waals surface area contributed by atoms with E-state index in [2.05, 4.69) is 25.3 Å². The van der Waals surface area contributed by atoms with E-state index in [0.717, 1.165) is 29.9 Å². The molecule has 1 aromatic heterocycles. The van der Waals surface area contributed by atoms with Gasteiger partial charge < -0.3 is 4.90 Å². The van der Waals surface area contributed by atoms with Crippen molar-refractivity contribution in [2.24, 2.45) is 0 Å². The molecule has 92 valence electrons. The number of fused-ring (bicyclic) bond motifs is 2. The number of hydrogen-bond acceptors (Lipinski definition) is 2. The average Bonchev–Trinajstić information content (AvgIpc) is 2.73. The van der Waals surface area contributed by atoms with Crippen molar-refractivity contribution >= 4 is 16.5 Å². The highest BCUT2D eigenvalue weighted by atomic mass is 16.1. The van der Waals surface area contributed by atoms with Crippen LogP contribution in [0.5, 0.6) is 0 Å². The van der Waals surface area contributed by atoms with E-state index < -0.39 is 0 Å². The highest BCUT2D eigenvalue weighted by molar-refractivity contribution is 5.79. The first-order valence-electron chi connectivity index (χ1n) is 6.17. The van der Waals surface area contributed by atoms with Gasteiger partial charge in [0.1, 0.15) is 12.0 Å². The summed E-state index contributed by atoms with van der Waals surface area (Å²) in [5, 5.41) is 0.708. The summed E-state index contributed by atoms with van der Waals surface area (Å²) in [6.07, 6.45) is 3.02. The molecule has 0 fully saturated rings. The molecule has 0 aliphatic carbocycles. The third-order valence-corrected chi connectivity index (χ3v) is 3.22. The smallest absolute Gasteiger partial charge is 0.261 e. The summed E-state index contributed by atoms with van der Waals surface area (Å²) in [5.41, 5.74) is 2.03. The molecule has 1 aliphatic rings. The van der Waals surface area contributed by atoms with Crippen LogP contribution in [0.25, 0.3) is 16.5 Å². The Balaban J connectivity index is 2.30. The van der Waals surface area contributed by atoms with Crippen molar-refractivity contribution in [1.29, 1.82) is 0 Å². The minimum atomic E-state index is 0.0766. The Morgan fingerprint density at radius 3 is 2.89 bits per heavy atom. The first-order valence-corrected chi connectivity index (χ1v) is 6.17. The van der Waals surface area contributed by atoms with Gasteiger partial charge in [0.15, 0.2) is 0 Å². The molecular formula is C14H16N3O+. The molecule has 0 amide bonds. The highest BCUT2D eigenvalue weighted by Crippen LogP contribution is 2.23. The molecule has 1 aromatic carbocycles. The summed E-state index contributed by atoms with van der Waals surface area (Å²) in [5.74, 6) is 0.833. The Hall–Kier alpha value is -1.94. The lowest BCUT2D eigenvalue weighted by molar-refractivity contribution is -0.800. The van der Waals surface area contributed by atoms with Crippen LogP contribution >= 0.6 is 0 Å². The molecule has 0 unspecified atom stereocenters. The van der Waals surface area contributed by atoms with E-state index in [-0.39, 0.29) is 5.56 Å². The second-order valence-electron chi connectivity index (χ2n) is 4.91. The fourth-order valence-electron chi connectivity index (χ4n) is 2.45. The van der Waals surface area contributed by atoms with Gasteiger partial charge in [0.2, 0.25) is 0 Å². The van der Waals surface area contributed by atoms with E-state index in [1.165, 1.54) is 4.90 Å². The van der Waals surface area contributed by atoms with Gasteiger partial charge in [-0.25, -0.2) is 4.98 Å². The monoisotopic (exact) mass is 242 g/mol. The van der Waals surface area contributed by atoms with Crippen LogP contribution in [0.15, 0.2) is 35.3 Å². The average molecular weight is 242 g/mol. The summed E-state index contributed by atoms with van der Waals surface area (Å²) in [7, 11) is 4.13. The van der Waals surface area contributed by atoms with Crippen molar-refractivity contribution in [3.63, 3.8) is 0 Å². The van der Waals surface area contributed by atoms with Crippen molar-refractivity contribution < 1.29 is 4.90 Å². The summed E-state index contributed by atoms with van der Waals surface area (Å²) in [6, 6.07) is 7.54. The van der Waals surface area contributed by atoms with Crippen molar-refractivity contribution in [2.75, 3.05) is 14.1 Å². The Morgan fingerprint density at radius 1 is 1.33 bits per heavy atom. The summed E-state index contributed by atoms with van der Waals surface area (Å²) in [6.45, 7) is 0.741. The molecule has 1 aliphatic heterocycles. The lowest BCUT2D eigenvalue weighted by Crippen LogP contribution is -3.00. The number of allylic oxidation sites excluding steroid dienone is 1. The number of nitrogens with one attached hydrogen (secondary N) is 1. The number of benzene rings is 1. The predicted octanol–water partition coefficient (Wildman–Crippen LogP) is 0.286. The molecule has 18 heavy (non-hydrogen) atoms. The molecular weight excluding hydrogens is 226 g/mol. The number of hydrogen-bond donors (Lipinski definition) is 1. The standard InChI is InChI=1S/C14H15N3O/c1-16(2)9-10-7-8-17-13(10)15-12-6-4-3-5-11(12)14(17)18/h3-6,9H,7-8H2,1-2H3/p+1/b10-9-. The number of quaternary nitrogens is 1. The van der Waals surface area contributed by atoms with E-state index in [1.807, 2.05) is 24.3 Å². The van der Waals surface area contributed by atoms with Crippen molar-refractivity contribution in [1.82, 2.24) is 9.55 Å². The van der Waals surface area contributed by atoms with Gasteiger partial charge in [0.05, 0.1) is 25.0 Å². The predicted molar refractivity (Wildman–Crippen MR) is 71.4 cm³/mol. The maximum atomic E-state index is 12.3. The van der Waals surface area contributed by atoms with Crippen molar-refractivity contribution in [3.8, 4) is 0 Å². The summed E-state index contributed by atoms with van der Waals surface area (Å²) < 4.78 is 1.79. The van der Waals surface area contributed by atoms with Crippen molar-refractivity contribution in [3.05, 3.63) is 46.6 Å². The van der Waals surface area contributed by atoms with E-state index >= 15 is 0 Å². The van der Waals surface area contributed by atoms with Crippen LogP contribution in [0.1, 0.15) is 12.2 Å². The van der Waals surface area contributed by atoms with E-state index in [4.69, 9.17) is 0 Å². The fourth-order valence-corrected chi connectivity index (χ4v) is 2.45. The van der Waals surface area contributed by atoms with E-state index in [1.54, 1.807) is 4.57 Å². The van der Waals surface area contributed by atoms with Gasteiger partial charge >= 0.3 is 0 Å². The lowest BCUT2D eigenvalue weighted by atomic mass is 10.2. The molecule has 4 heteroatoms. The van der Waals surface area contributed by atoms with Gasteiger partial charge in [-0.15, -0.1) is 0 Å². The molecule has 2 heterocycles. The number of nitrogens with zero attached hydrogens (tertiary/aromatic N) is 2. The molecule has 0 saturated carbocycles. The molecule has 4 nitrogen and oxygen atoms in total. The minimum Gasteiger partial charge on any atom is -0.313 e. The highest BCUT2D eigenvalue weighted by Gasteiger charge is 2.21. The van der Waals surface area contributed by atoms with Gasteiger partial charge in [-0.05, 0) is 18.6 Å². The van der Waals surface area contributed by atoms with Gasteiger partial charge in [0, 0.05) is 12.1 Å². The van der Waals surface area contributed by atoms with Crippen LogP contribution in [0.3, 0.4) is 0 Å². The fraction of sp³-hybridized carbons (Fsp3) is 0.286. The van der Waals surface area contributed by atoms with E-state index in [9.17, 15) is 4.79 Å².